The summed E-state index contributed by atoms with van der Waals surface area (Å²) in [6, 6.07) is 19.7. The molecule has 4 rings (SSSR count). The fourth-order valence-corrected chi connectivity index (χ4v) is 5.17. The van der Waals surface area contributed by atoms with Gasteiger partial charge in [0.05, 0.1) is 0 Å². The van der Waals surface area contributed by atoms with Crippen LogP contribution >= 0.6 is 0 Å². The Kier molecular flexibility index (Phi) is 26.6. The molecule has 0 unspecified atom stereocenters. The zero-order valence-corrected chi connectivity index (χ0v) is 35.2. The minimum Gasteiger partial charge on any atom is -1.00 e. The molecule has 0 aliphatic carbocycles. The summed E-state index contributed by atoms with van der Waals surface area (Å²) in [4.78, 5) is 0. The molecule has 0 saturated heterocycles. The van der Waals surface area contributed by atoms with E-state index in [-0.39, 0.29) is 51.0 Å². The fourth-order valence-electron chi connectivity index (χ4n) is 5.17. The summed E-state index contributed by atoms with van der Waals surface area (Å²) in [6.07, 6.45) is 5.54. The molecule has 0 aliphatic rings. The van der Waals surface area contributed by atoms with Gasteiger partial charge in [0.15, 0.2) is 0 Å². The maximum atomic E-state index is 3.18. The molecule has 0 aromatic heterocycles. The van der Waals surface area contributed by atoms with E-state index in [0.717, 1.165) is 6.04 Å². The molecule has 0 spiro atoms. The molecule has 4 aromatic rings. The molecule has 0 atom stereocenters. The van der Waals surface area contributed by atoms with Gasteiger partial charge in [0.25, 0.3) is 0 Å². The molecule has 4 heteroatoms. The van der Waals surface area contributed by atoms with Crippen molar-refractivity contribution in [1.82, 2.24) is 0 Å². The van der Waals surface area contributed by atoms with Gasteiger partial charge in [-0.15, -0.1) is 56.9 Å². The Balaban J connectivity index is -0.000000572. The molecule has 0 heterocycles. The van der Waals surface area contributed by atoms with Crippen molar-refractivity contribution < 1.29 is 51.0 Å². The average molecular weight is 732 g/mol. The standard InChI is InChI=1S/2C16H21.C6H14.C2H5Si.2ClH.Zr/c2*1-10(2)13-8-14-6-12(5)7-16(14)15(9-13)11(3)4;1-3-5-6-4-2;1-2-3;;;/h2*6-11H,1-5H3;3-6H2,1-2H3;2H2,1H3;2*1H;/q2*-1;;;;;+4/p-2. The number of hydrogen-bond acceptors (Lipinski definition) is 0. The van der Waals surface area contributed by atoms with Crippen LogP contribution < -0.4 is 24.8 Å². The minimum absolute atomic E-state index is 0. The number of fused-ring (bicyclic) bond motifs is 2. The third-order valence-corrected chi connectivity index (χ3v) is 7.58. The third kappa shape index (κ3) is 15.3. The molecular weight excluding hydrogens is 671 g/mol. The molecule has 0 fully saturated rings. The summed E-state index contributed by atoms with van der Waals surface area (Å²) in [5.41, 5.74) is 8.66. The van der Waals surface area contributed by atoms with E-state index < -0.39 is 0 Å². The van der Waals surface area contributed by atoms with Crippen molar-refractivity contribution in [3.63, 3.8) is 0 Å². The number of halogens is 2. The molecule has 3 radical (unpaired) electrons. The van der Waals surface area contributed by atoms with E-state index in [9.17, 15) is 0 Å². The Morgan fingerprint density at radius 1 is 0.545 bits per heavy atom. The molecule has 0 aliphatic heterocycles. The van der Waals surface area contributed by atoms with Crippen molar-refractivity contribution in [2.24, 2.45) is 0 Å². The zero-order chi connectivity index (χ0) is 31.3. The molecule has 44 heavy (non-hydrogen) atoms. The zero-order valence-electron chi connectivity index (χ0n) is 30.2. The number of hydrogen-bond donors (Lipinski definition) is 0. The predicted molar refractivity (Wildman–Crippen MR) is 191 cm³/mol. The third-order valence-electron chi connectivity index (χ3n) is 7.58. The quantitative estimate of drug-likeness (QED) is 0.106. The summed E-state index contributed by atoms with van der Waals surface area (Å²) >= 11 is 0. The molecule has 243 valence electrons. The molecule has 0 saturated carbocycles. The Morgan fingerprint density at radius 3 is 1.07 bits per heavy atom. The van der Waals surface area contributed by atoms with E-state index >= 15 is 0 Å². The molecule has 0 bridgehead atoms. The maximum Gasteiger partial charge on any atom is 4.00 e. The molecule has 0 N–H and O–H groups in total. The van der Waals surface area contributed by atoms with Gasteiger partial charge in [-0.1, -0.05) is 156 Å². The van der Waals surface area contributed by atoms with Crippen LogP contribution in [0.1, 0.15) is 159 Å². The number of aryl methyl sites for hydroxylation is 2. The van der Waals surface area contributed by atoms with Crippen LogP contribution in [0.3, 0.4) is 0 Å². The van der Waals surface area contributed by atoms with Crippen molar-refractivity contribution in [2.45, 2.75) is 145 Å². The SMILES string of the molecule is CCCCCC.CC[Si].Cc1cc2c(C(C)C)cc(C(C)C)cc2[cH-]1.Cc1cc2c(C(C)C)cc(C(C)C)cc2[cH-]1.[Cl-].[Cl-].[Zr+4]. The predicted octanol–water partition coefficient (Wildman–Crippen LogP) is 7.41. The van der Waals surface area contributed by atoms with Crippen LogP contribution in [-0.2, 0) is 26.2 Å². The molecular formula is C40H61Cl2SiZr. The van der Waals surface area contributed by atoms with Gasteiger partial charge in [0.1, 0.15) is 0 Å². The molecule has 4 aromatic carbocycles. The van der Waals surface area contributed by atoms with Crippen LogP contribution in [0.25, 0.3) is 21.5 Å². The van der Waals surface area contributed by atoms with Crippen molar-refractivity contribution in [3.8, 4) is 0 Å². The number of benzene rings is 2. The van der Waals surface area contributed by atoms with Crippen LogP contribution in [0.2, 0.25) is 6.04 Å². The number of rotatable bonds is 7. The first-order valence-electron chi connectivity index (χ1n) is 16.4. The van der Waals surface area contributed by atoms with Gasteiger partial charge >= 0.3 is 26.2 Å². The molecule has 0 amide bonds. The van der Waals surface area contributed by atoms with Gasteiger partial charge in [-0.25, -0.2) is 0 Å². The number of unbranched alkanes of at least 4 members (excludes halogenated alkanes) is 3. The summed E-state index contributed by atoms with van der Waals surface area (Å²) in [6.45, 7) is 29.0. The normalized spacial score (nSPS) is 10.3. The van der Waals surface area contributed by atoms with E-state index in [4.69, 9.17) is 0 Å². The van der Waals surface area contributed by atoms with E-state index in [1.165, 1.54) is 80.6 Å². The van der Waals surface area contributed by atoms with Gasteiger partial charge in [-0.05, 0) is 23.7 Å². The van der Waals surface area contributed by atoms with Crippen LogP contribution in [0.5, 0.6) is 0 Å². The Bertz CT molecular complexity index is 1190. The Labute approximate surface area is 308 Å². The first-order chi connectivity index (χ1) is 19.3. The topological polar surface area (TPSA) is 0 Å². The van der Waals surface area contributed by atoms with Crippen molar-refractivity contribution in [1.29, 1.82) is 0 Å². The van der Waals surface area contributed by atoms with Gasteiger partial charge in [-0.2, -0.15) is 12.1 Å². The average Bonchev–Trinajstić information content (AvgIpc) is 3.47. The first kappa shape index (κ1) is 47.7. The van der Waals surface area contributed by atoms with Crippen molar-refractivity contribution in [3.05, 3.63) is 81.9 Å². The maximum absolute atomic E-state index is 3.18. The summed E-state index contributed by atoms with van der Waals surface area (Å²) in [7, 11) is 3.18. The van der Waals surface area contributed by atoms with Crippen LogP contribution in [0.4, 0.5) is 0 Å². The summed E-state index contributed by atoms with van der Waals surface area (Å²) in [5, 5.41) is 5.70. The van der Waals surface area contributed by atoms with E-state index in [1.54, 1.807) is 0 Å². The fraction of sp³-hybridized carbons (Fsp3) is 0.550. The largest absolute Gasteiger partial charge is 4.00 e. The van der Waals surface area contributed by atoms with Gasteiger partial charge in [-0.3, -0.25) is 0 Å². The monoisotopic (exact) mass is 729 g/mol. The van der Waals surface area contributed by atoms with Gasteiger partial charge in [0.2, 0.25) is 0 Å². The van der Waals surface area contributed by atoms with Gasteiger partial charge in [0, 0.05) is 10.2 Å². The second kappa shape index (κ2) is 24.5. The summed E-state index contributed by atoms with van der Waals surface area (Å²) in [5.74, 6) is 2.42. The second-order valence-corrected chi connectivity index (χ2v) is 13.7. The smallest absolute Gasteiger partial charge is 1.00 e. The van der Waals surface area contributed by atoms with Crippen molar-refractivity contribution >= 4 is 31.8 Å². The molecule has 0 nitrogen and oxygen atoms in total. The minimum atomic E-state index is 0. The summed E-state index contributed by atoms with van der Waals surface area (Å²) < 4.78 is 0. The van der Waals surface area contributed by atoms with Crippen LogP contribution in [-0.4, -0.2) is 10.2 Å². The van der Waals surface area contributed by atoms with Crippen LogP contribution in [0.15, 0.2) is 48.5 Å². The Morgan fingerprint density at radius 2 is 0.841 bits per heavy atom. The second-order valence-electron chi connectivity index (χ2n) is 13.0. The first-order valence-corrected chi connectivity index (χ1v) is 17.1. The van der Waals surface area contributed by atoms with Crippen molar-refractivity contribution in [2.75, 3.05) is 0 Å². The van der Waals surface area contributed by atoms with E-state index in [2.05, 4.69) is 142 Å². The van der Waals surface area contributed by atoms with E-state index in [0.29, 0.717) is 23.7 Å². The van der Waals surface area contributed by atoms with Crippen LogP contribution in [0, 0.1) is 13.8 Å². The van der Waals surface area contributed by atoms with Gasteiger partial charge < -0.3 is 24.8 Å². The Hall–Kier alpha value is -0.660. The van der Waals surface area contributed by atoms with E-state index in [1.807, 2.05) is 6.92 Å².